The average Bonchev–Trinajstić information content (AvgIpc) is 3.36. The summed E-state index contributed by atoms with van der Waals surface area (Å²) in [6, 6.07) is 11.2. The van der Waals surface area contributed by atoms with Gasteiger partial charge >= 0.3 is 0 Å². The smallest absolute Gasteiger partial charge is 0.279 e. The van der Waals surface area contributed by atoms with E-state index in [9.17, 15) is 4.79 Å². The number of amides is 1. The lowest BCUT2D eigenvalue weighted by Gasteiger charge is -2.04. The van der Waals surface area contributed by atoms with Crippen molar-refractivity contribution in [3.8, 4) is 11.3 Å². The number of H-pyrrole nitrogens is 2. The van der Waals surface area contributed by atoms with Crippen LogP contribution in [0.5, 0.6) is 0 Å². The van der Waals surface area contributed by atoms with E-state index in [1.807, 2.05) is 30.3 Å². The van der Waals surface area contributed by atoms with Crippen molar-refractivity contribution in [3.05, 3.63) is 47.8 Å². The number of hydrogen-bond donors (Lipinski definition) is 3. The van der Waals surface area contributed by atoms with Crippen molar-refractivity contribution in [2.24, 2.45) is 0 Å². The number of nitrogens with zero attached hydrogens (tertiary/aromatic N) is 3. The first-order chi connectivity index (χ1) is 11.8. The fraction of sp³-hybridized carbons (Fsp3) is 0.250. The topological polar surface area (TPSA) is 109 Å². The lowest BCUT2D eigenvalue weighted by Crippen LogP contribution is -2.14. The Morgan fingerprint density at radius 2 is 2.08 bits per heavy atom. The molecule has 8 heteroatoms. The van der Waals surface area contributed by atoms with Gasteiger partial charge in [-0.2, -0.15) is 20.5 Å². The largest absolute Gasteiger partial charge is 0.372 e. The molecule has 1 aromatic carbocycles. The van der Waals surface area contributed by atoms with E-state index < -0.39 is 0 Å². The minimum absolute atomic E-state index is 0.0232. The van der Waals surface area contributed by atoms with Gasteiger partial charge in [-0.15, -0.1) is 0 Å². The van der Waals surface area contributed by atoms with Gasteiger partial charge in [0, 0.05) is 18.2 Å². The van der Waals surface area contributed by atoms with Crippen LogP contribution in [-0.2, 0) is 4.74 Å². The number of nitrogens with one attached hydrogen (secondary N) is 3. The zero-order valence-electron chi connectivity index (χ0n) is 12.8. The zero-order valence-corrected chi connectivity index (χ0v) is 12.8. The van der Waals surface area contributed by atoms with Crippen LogP contribution in [-0.4, -0.2) is 38.1 Å². The summed E-state index contributed by atoms with van der Waals surface area (Å²) in [4.78, 5) is 12.5. The monoisotopic (exact) mass is 324 g/mol. The van der Waals surface area contributed by atoms with Crippen LogP contribution < -0.4 is 5.32 Å². The normalized spacial score (nSPS) is 17.1. The van der Waals surface area contributed by atoms with Gasteiger partial charge in [-0.1, -0.05) is 30.3 Å². The highest BCUT2D eigenvalue weighted by molar-refractivity contribution is 6.06. The Morgan fingerprint density at radius 1 is 1.21 bits per heavy atom. The molecule has 0 unspecified atom stereocenters. The number of ether oxygens (including phenoxy) is 1. The fourth-order valence-electron chi connectivity index (χ4n) is 2.75. The Bertz CT molecular complexity index is 835. The van der Waals surface area contributed by atoms with E-state index in [4.69, 9.17) is 4.74 Å². The summed E-state index contributed by atoms with van der Waals surface area (Å²) in [5.41, 5.74) is 2.41. The molecule has 1 aliphatic heterocycles. The van der Waals surface area contributed by atoms with E-state index in [0.717, 1.165) is 30.7 Å². The summed E-state index contributed by atoms with van der Waals surface area (Å²) in [6.07, 6.45) is 2.01. The number of rotatable bonds is 4. The van der Waals surface area contributed by atoms with Crippen molar-refractivity contribution < 1.29 is 9.53 Å². The molecule has 3 aromatic rings. The van der Waals surface area contributed by atoms with Crippen LogP contribution in [0.1, 0.15) is 35.1 Å². The number of aromatic amines is 2. The van der Waals surface area contributed by atoms with Gasteiger partial charge in [-0.05, 0) is 12.8 Å². The molecule has 0 saturated carbocycles. The summed E-state index contributed by atoms with van der Waals surface area (Å²) >= 11 is 0. The summed E-state index contributed by atoms with van der Waals surface area (Å²) in [5, 5.41) is 20.3. The number of benzene rings is 1. The lowest BCUT2D eigenvalue weighted by molar-refractivity contribution is 0.102. The Hall–Kier alpha value is -3.00. The molecule has 0 spiro atoms. The molecule has 8 nitrogen and oxygen atoms in total. The molecule has 1 aliphatic rings. The third-order valence-corrected chi connectivity index (χ3v) is 3.93. The van der Waals surface area contributed by atoms with Crippen LogP contribution in [0.3, 0.4) is 0 Å². The Labute approximate surface area is 137 Å². The van der Waals surface area contributed by atoms with E-state index in [1.165, 1.54) is 0 Å². The molecule has 122 valence electrons. The highest BCUT2D eigenvalue weighted by Gasteiger charge is 2.22. The molecular weight excluding hydrogens is 308 g/mol. The van der Waals surface area contributed by atoms with Crippen LogP contribution in [0.4, 0.5) is 5.82 Å². The molecule has 1 fully saturated rings. The molecule has 0 aliphatic carbocycles. The summed E-state index contributed by atoms with van der Waals surface area (Å²) in [7, 11) is 0. The highest BCUT2D eigenvalue weighted by atomic mass is 16.5. The first-order valence-electron chi connectivity index (χ1n) is 7.76. The summed E-state index contributed by atoms with van der Waals surface area (Å²) in [5.74, 6) is 0.0699. The van der Waals surface area contributed by atoms with E-state index in [1.54, 1.807) is 6.07 Å². The quantitative estimate of drug-likeness (QED) is 0.682. The maximum atomic E-state index is 12.5. The van der Waals surface area contributed by atoms with Gasteiger partial charge in [-0.3, -0.25) is 9.89 Å². The SMILES string of the molecule is O=C(Nc1cc([C@@H]2CCCO2)[nH]n1)c1n[nH]nc1-c1ccccc1. The van der Waals surface area contributed by atoms with Crippen LogP contribution in [0.25, 0.3) is 11.3 Å². The predicted molar refractivity (Wildman–Crippen MR) is 86.3 cm³/mol. The minimum atomic E-state index is -0.368. The van der Waals surface area contributed by atoms with Crippen molar-refractivity contribution in [1.82, 2.24) is 25.6 Å². The van der Waals surface area contributed by atoms with Crippen molar-refractivity contribution in [2.45, 2.75) is 18.9 Å². The van der Waals surface area contributed by atoms with Gasteiger partial charge in [0.25, 0.3) is 5.91 Å². The Morgan fingerprint density at radius 3 is 2.88 bits per heavy atom. The van der Waals surface area contributed by atoms with Gasteiger partial charge in [0.2, 0.25) is 0 Å². The van der Waals surface area contributed by atoms with Gasteiger partial charge in [0.15, 0.2) is 11.5 Å². The first-order valence-corrected chi connectivity index (χ1v) is 7.76. The lowest BCUT2D eigenvalue weighted by atomic mass is 10.1. The van der Waals surface area contributed by atoms with Gasteiger partial charge in [0.1, 0.15) is 5.69 Å². The fourth-order valence-corrected chi connectivity index (χ4v) is 2.75. The first kappa shape index (κ1) is 14.6. The van der Waals surface area contributed by atoms with Crippen molar-refractivity contribution in [2.75, 3.05) is 11.9 Å². The summed E-state index contributed by atoms with van der Waals surface area (Å²) < 4.78 is 5.60. The maximum Gasteiger partial charge on any atom is 0.279 e. The third-order valence-electron chi connectivity index (χ3n) is 3.93. The van der Waals surface area contributed by atoms with Crippen LogP contribution in [0.2, 0.25) is 0 Å². The molecule has 3 heterocycles. The molecule has 0 radical (unpaired) electrons. The van der Waals surface area contributed by atoms with Gasteiger partial charge < -0.3 is 10.1 Å². The van der Waals surface area contributed by atoms with Crippen molar-refractivity contribution in [3.63, 3.8) is 0 Å². The number of anilines is 1. The highest BCUT2D eigenvalue weighted by Crippen LogP contribution is 2.28. The van der Waals surface area contributed by atoms with Gasteiger partial charge in [-0.25, -0.2) is 0 Å². The molecule has 3 N–H and O–H groups in total. The molecule has 1 atom stereocenters. The van der Waals surface area contributed by atoms with Crippen LogP contribution in [0.15, 0.2) is 36.4 Å². The molecule has 1 amide bonds. The molecule has 0 bridgehead atoms. The van der Waals surface area contributed by atoms with E-state index in [2.05, 4.69) is 30.9 Å². The molecule has 4 rings (SSSR count). The Balaban J connectivity index is 1.52. The number of carbonyl (C=O) groups is 1. The zero-order chi connectivity index (χ0) is 16.4. The number of carbonyl (C=O) groups excluding carboxylic acids is 1. The standard InChI is InChI=1S/C16H16N6O2/c23-16(15-14(20-22-21-15)10-5-2-1-3-6-10)17-13-9-11(18-19-13)12-7-4-8-24-12/h1-3,5-6,9,12H,4,7-8H2,(H,20,21,22)(H2,17,18,19,23)/t12-/m0/s1. The van der Waals surface area contributed by atoms with E-state index in [0.29, 0.717) is 11.5 Å². The summed E-state index contributed by atoms with van der Waals surface area (Å²) in [6.45, 7) is 0.755. The second-order valence-corrected chi connectivity index (χ2v) is 5.55. The van der Waals surface area contributed by atoms with Gasteiger partial charge in [0.05, 0.1) is 11.8 Å². The number of hydrogen-bond acceptors (Lipinski definition) is 5. The molecule has 2 aromatic heterocycles. The van der Waals surface area contributed by atoms with E-state index >= 15 is 0 Å². The Kier molecular flexibility index (Phi) is 3.80. The van der Waals surface area contributed by atoms with Crippen molar-refractivity contribution in [1.29, 1.82) is 0 Å². The number of aromatic nitrogens is 5. The van der Waals surface area contributed by atoms with E-state index in [-0.39, 0.29) is 17.7 Å². The second-order valence-electron chi connectivity index (χ2n) is 5.55. The molecular formula is C16H16N6O2. The third kappa shape index (κ3) is 2.79. The predicted octanol–water partition coefficient (Wildman–Crippen LogP) is 2.30. The molecule has 24 heavy (non-hydrogen) atoms. The maximum absolute atomic E-state index is 12.5. The van der Waals surface area contributed by atoms with Crippen LogP contribution in [0, 0.1) is 0 Å². The second kappa shape index (κ2) is 6.25. The van der Waals surface area contributed by atoms with Crippen LogP contribution >= 0.6 is 0 Å². The minimum Gasteiger partial charge on any atom is -0.372 e. The average molecular weight is 324 g/mol. The van der Waals surface area contributed by atoms with Crippen molar-refractivity contribution >= 4 is 11.7 Å². The molecule has 1 saturated heterocycles.